The van der Waals surface area contributed by atoms with E-state index in [0.717, 1.165) is 11.3 Å². The Balaban J connectivity index is 1.61. The van der Waals surface area contributed by atoms with Crippen LogP contribution < -0.4 is 0 Å². The van der Waals surface area contributed by atoms with Crippen molar-refractivity contribution in [1.29, 1.82) is 0 Å². The SMILES string of the molecule is CN(C[C@@H]1CC(c2ccccc2)=NO1)C(=O)c1ccccc1F. The van der Waals surface area contributed by atoms with Gasteiger partial charge in [-0.25, -0.2) is 4.39 Å². The van der Waals surface area contributed by atoms with Crippen molar-refractivity contribution in [2.75, 3.05) is 13.6 Å². The van der Waals surface area contributed by atoms with Gasteiger partial charge in [0.15, 0.2) is 6.10 Å². The molecular formula is C18H17FN2O2. The minimum atomic E-state index is -0.516. The second-order valence-electron chi connectivity index (χ2n) is 5.50. The molecule has 0 saturated carbocycles. The summed E-state index contributed by atoms with van der Waals surface area (Å²) in [7, 11) is 1.64. The number of benzene rings is 2. The average molecular weight is 312 g/mol. The molecule has 0 aromatic heterocycles. The fourth-order valence-corrected chi connectivity index (χ4v) is 2.56. The predicted molar refractivity (Wildman–Crippen MR) is 85.8 cm³/mol. The Morgan fingerprint density at radius 1 is 1.22 bits per heavy atom. The molecule has 0 spiro atoms. The lowest BCUT2D eigenvalue weighted by atomic mass is 10.0. The number of carbonyl (C=O) groups excluding carboxylic acids is 1. The highest BCUT2D eigenvalue weighted by Crippen LogP contribution is 2.18. The van der Waals surface area contributed by atoms with Gasteiger partial charge in [0.25, 0.3) is 5.91 Å². The fraction of sp³-hybridized carbons (Fsp3) is 0.222. The van der Waals surface area contributed by atoms with Gasteiger partial charge in [-0.15, -0.1) is 0 Å². The number of hydrogen-bond donors (Lipinski definition) is 0. The van der Waals surface area contributed by atoms with Crippen LogP contribution in [-0.4, -0.2) is 36.2 Å². The van der Waals surface area contributed by atoms with E-state index in [9.17, 15) is 9.18 Å². The summed E-state index contributed by atoms with van der Waals surface area (Å²) in [5.74, 6) is -0.877. The number of halogens is 1. The number of rotatable bonds is 4. The van der Waals surface area contributed by atoms with Crippen molar-refractivity contribution in [1.82, 2.24) is 4.90 Å². The van der Waals surface area contributed by atoms with E-state index < -0.39 is 5.82 Å². The van der Waals surface area contributed by atoms with Crippen molar-refractivity contribution < 1.29 is 14.0 Å². The van der Waals surface area contributed by atoms with Crippen LogP contribution >= 0.6 is 0 Å². The molecule has 0 radical (unpaired) electrons. The molecule has 2 aromatic carbocycles. The highest BCUT2D eigenvalue weighted by atomic mass is 19.1. The highest BCUT2D eigenvalue weighted by Gasteiger charge is 2.26. The molecule has 118 valence electrons. The molecule has 0 N–H and O–H groups in total. The van der Waals surface area contributed by atoms with Gasteiger partial charge in [0, 0.05) is 13.5 Å². The van der Waals surface area contributed by atoms with Crippen molar-refractivity contribution in [3.63, 3.8) is 0 Å². The summed E-state index contributed by atoms with van der Waals surface area (Å²) >= 11 is 0. The topological polar surface area (TPSA) is 41.9 Å². The molecule has 0 unspecified atom stereocenters. The van der Waals surface area contributed by atoms with Crippen LogP contribution in [-0.2, 0) is 4.84 Å². The Morgan fingerprint density at radius 2 is 1.91 bits per heavy atom. The second-order valence-corrected chi connectivity index (χ2v) is 5.50. The molecular weight excluding hydrogens is 295 g/mol. The van der Waals surface area contributed by atoms with Gasteiger partial charge in [0.1, 0.15) is 5.82 Å². The summed E-state index contributed by atoms with van der Waals surface area (Å²) < 4.78 is 13.7. The Hall–Kier alpha value is -2.69. The van der Waals surface area contributed by atoms with Gasteiger partial charge in [0.2, 0.25) is 0 Å². The summed E-state index contributed by atoms with van der Waals surface area (Å²) in [5.41, 5.74) is 1.94. The van der Waals surface area contributed by atoms with Gasteiger partial charge < -0.3 is 9.74 Å². The smallest absolute Gasteiger partial charge is 0.256 e. The molecule has 1 amide bonds. The number of amides is 1. The Bertz CT molecular complexity index is 731. The third kappa shape index (κ3) is 3.39. The molecule has 0 bridgehead atoms. The Kier molecular flexibility index (Phi) is 4.37. The summed E-state index contributed by atoms with van der Waals surface area (Å²) in [4.78, 5) is 19.2. The lowest BCUT2D eigenvalue weighted by molar-refractivity contribution is 0.0479. The zero-order valence-electron chi connectivity index (χ0n) is 12.8. The van der Waals surface area contributed by atoms with E-state index in [1.807, 2.05) is 30.3 Å². The molecule has 1 aliphatic rings. The molecule has 5 heteroatoms. The maximum absolute atomic E-state index is 13.7. The van der Waals surface area contributed by atoms with Crippen molar-refractivity contribution in [3.8, 4) is 0 Å². The molecule has 0 saturated heterocycles. The summed E-state index contributed by atoms with van der Waals surface area (Å²) in [6.45, 7) is 0.354. The van der Waals surface area contributed by atoms with E-state index in [1.165, 1.54) is 17.0 Å². The monoisotopic (exact) mass is 312 g/mol. The standard InChI is InChI=1S/C18H17FN2O2/c1-21(18(22)15-9-5-6-10-16(15)19)12-14-11-17(20-23-14)13-7-3-2-4-8-13/h2-10,14H,11-12H2,1H3/t14-/m0/s1. The highest BCUT2D eigenvalue weighted by molar-refractivity contribution is 6.01. The quantitative estimate of drug-likeness (QED) is 0.870. The van der Waals surface area contributed by atoms with Crippen LogP contribution in [0.3, 0.4) is 0 Å². The van der Waals surface area contributed by atoms with E-state index in [0.29, 0.717) is 13.0 Å². The van der Waals surface area contributed by atoms with E-state index in [-0.39, 0.29) is 17.6 Å². The van der Waals surface area contributed by atoms with Gasteiger partial charge in [-0.3, -0.25) is 4.79 Å². The lowest BCUT2D eigenvalue weighted by Gasteiger charge is -2.20. The molecule has 0 fully saturated rings. The Labute approximate surface area is 134 Å². The summed E-state index contributed by atoms with van der Waals surface area (Å²) in [5, 5.41) is 4.09. The first-order valence-corrected chi connectivity index (χ1v) is 7.43. The molecule has 1 heterocycles. The largest absolute Gasteiger partial charge is 0.390 e. The van der Waals surface area contributed by atoms with Crippen LogP contribution in [0.25, 0.3) is 0 Å². The number of oxime groups is 1. The summed E-state index contributed by atoms with van der Waals surface area (Å²) in [6.07, 6.45) is 0.407. The molecule has 23 heavy (non-hydrogen) atoms. The van der Waals surface area contributed by atoms with Crippen LogP contribution in [0, 0.1) is 5.82 Å². The molecule has 2 aromatic rings. The van der Waals surface area contributed by atoms with Crippen molar-refractivity contribution in [2.45, 2.75) is 12.5 Å². The zero-order chi connectivity index (χ0) is 16.2. The molecule has 1 atom stereocenters. The van der Waals surface area contributed by atoms with Gasteiger partial charge in [-0.05, 0) is 17.7 Å². The van der Waals surface area contributed by atoms with Crippen molar-refractivity contribution >= 4 is 11.6 Å². The normalized spacial score (nSPS) is 16.6. The minimum absolute atomic E-state index is 0.0669. The maximum atomic E-state index is 13.7. The fourth-order valence-electron chi connectivity index (χ4n) is 2.56. The second kappa shape index (κ2) is 6.60. The van der Waals surface area contributed by atoms with E-state index in [2.05, 4.69) is 5.16 Å². The van der Waals surface area contributed by atoms with Crippen LogP contribution in [0.4, 0.5) is 4.39 Å². The molecule has 3 rings (SSSR count). The average Bonchev–Trinajstić information content (AvgIpc) is 3.04. The molecule has 1 aliphatic heterocycles. The van der Waals surface area contributed by atoms with Crippen molar-refractivity contribution in [2.24, 2.45) is 5.16 Å². The number of nitrogens with zero attached hydrogens (tertiary/aromatic N) is 2. The number of hydrogen-bond acceptors (Lipinski definition) is 3. The number of carbonyl (C=O) groups is 1. The van der Waals surface area contributed by atoms with Crippen molar-refractivity contribution in [3.05, 3.63) is 71.5 Å². The first-order chi connectivity index (χ1) is 11.1. The predicted octanol–water partition coefficient (Wildman–Crippen LogP) is 3.09. The van der Waals surface area contributed by atoms with E-state index in [1.54, 1.807) is 19.2 Å². The van der Waals surface area contributed by atoms with Gasteiger partial charge in [0.05, 0.1) is 17.8 Å². The Morgan fingerprint density at radius 3 is 2.65 bits per heavy atom. The molecule has 4 nitrogen and oxygen atoms in total. The van der Waals surface area contributed by atoms with E-state index in [4.69, 9.17) is 4.84 Å². The molecule has 0 aliphatic carbocycles. The third-order valence-electron chi connectivity index (χ3n) is 3.77. The van der Waals surface area contributed by atoms with E-state index >= 15 is 0 Å². The van der Waals surface area contributed by atoms with Gasteiger partial charge >= 0.3 is 0 Å². The van der Waals surface area contributed by atoms with Crippen LogP contribution in [0.2, 0.25) is 0 Å². The van der Waals surface area contributed by atoms with Crippen LogP contribution in [0.5, 0.6) is 0 Å². The van der Waals surface area contributed by atoms with Gasteiger partial charge in [-0.2, -0.15) is 0 Å². The first-order valence-electron chi connectivity index (χ1n) is 7.43. The number of likely N-dealkylation sites (N-methyl/N-ethyl adjacent to an activating group) is 1. The zero-order valence-corrected chi connectivity index (χ0v) is 12.8. The maximum Gasteiger partial charge on any atom is 0.256 e. The van der Waals surface area contributed by atoms with Crippen LogP contribution in [0.15, 0.2) is 59.8 Å². The lowest BCUT2D eigenvalue weighted by Crippen LogP contribution is -2.35. The van der Waals surface area contributed by atoms with Crippen LogP contribution in [0.1, 0.15) is 22.3 Å². The first kappa shape index (κ1) is 15.2. The minimum Gasteiger partial charge on any atom is -0.390 e. The third-order valence-corrected chi connectivity index (χ3v) is 3.77. The summed E-state index contributed by atoms with van der Waals surface area (Å²) in [6, 6.07) is 15.7. The van der Waals surface area contributed by atoms with Gasteiger partial charge in [-0.1, -0.05) is 47.6 Å².